The molecule has 90 valence electrons. The second-order valence-corrected chi connectivity index (χ2v) is 5.61. The Labute approximate surface area is 105 Å². The second kappa shape index (κ2) is 5.02. The summed E-state index contributed by atoms with van der Waals surface area (Å²) in [6, 6.07) is 8.30. The van der Waals surface area contributed by atoms with E-state index in [1.165, 1.54) is 24.1 Å². The maximum Gasteiger partial charge on any atom is 0.183 e. The molecule has 1 fully saturated rings. The summed E-state index contributed by atoms with van der Waals surface area (Å²) < 4.78 is 1.26. The van der Waals surface area contributed by atoms with Crippen LogP contribution in [0.4, 0.5) is 5.13 Å². The Morgan fingerprint density at radius 2 is 2.35 bits per heavy atom. The van der Waals surface area contributed by atoms with Crippen LogP contribution in [0.1, 0.15) is 12.8 Å². The lowest BCUT2D eigenvalue weighted by atomic mass is 10.00. The van der Waals surface area contributed by atoms with Gasteiger partial charge in [-0.25, -0.2) is 4.98 Å². The molecule has 0 spiro atoms. The van der Waals surface area contributed by atoms with Gasteiger partial charge in [0, 0.05) is 6.54 Å². The fourth-order valence-electron chi connectivity index (χ4n) is 2.28. The average Bonchev–Trinajstić information content (AvgIpc) is 2.80. The van der Waals surface area contributed by atoms with E-state index >= 15 is 0 Å². The monoisotopic (exact) mass is 247 g/mol. The number of rotatable bonds is 3. The highest BCUT2D eigenvalue weighted by Crippen LogP contribution is 2.25. The van der Waals surface area contributed by atoms with Crippen LogP contribution in [0, 0.1) is 5.92 Å². The lowest BCUT2D eigenvalue weighted by Crippen LogP contribution is -2.33. The van der Waals surface area contributed by atoms with Crippen LogP contribution in [-0.4, -0.2) is 24.6 Å². The molecular formula is C13H17N3S. The number of anilines is 1. The quantitative estimate of drug-likeness (QED) is 0.875. The minimum atomic E-state index is 0.746. The molecule has 0 amide bonds. The predicted octanol–water partition coefficient (Wildman–Crippen LogP) is 2.71. The summed E-state index contributed by atoms with van der Waals surface area (Å²) in [5, 5.41) is 7.96. The molecule has 0 bridgehead atoms. The Balaban J connectivity index is 1.64. The molecule has 1 aliphatic rings. The van der Waals surface area contributed by atoms with Gasteiger partial charge in [0.2, 0.25) is 0 Å². The minimum Gasteiger partial charge on any atom is -0.361 e. The summed E-state index contributed by atoms with van der Waals surface area (Å²) in [6.45, 7) is 3.35. The molecular weight excluding hydrogens is 230 g/mol. The highest BCUT2D eigenvalue weighted by Gasteiger charge is 2.13. The third-order valence-corrected chi connectivity index (χ3v) is 4.23. The molecule has 2 aromatic rings. The summed E-state index contributed by atoms with van der Waals surface area (Å²) in [5.41, 5.74) is 1.10. The van der Waals surface area contributed by atoms with E-state index in [9.17, 15) is 0 Å². The number of hydrogen-bond acceptors (Lipinski definition) is 4. The van der Waals surface area contributed by atoms with Gasteiger partial charge in [0.05, 0.1) is 10.2 Å². The molecule has 0 unspecified atom stereocenters. The number of nitrogens with one attached hydrogen (secondary N) is 2. The molecule has 1 aromatic heterocycles. The van der Waals surface area contributed by atoms with Crippen LogP contribution in [-0.2, 0) is 0 Å². The van der Waals surface area contributed by atoms with Crippen molar-refractivity contribution in [2.75, 3.05) is 25.0 Å². The summed E-state index contributed by atoms with van der Waals surface area (Å²) in [6.07, 6.45) is 2.62. The SMILES string of the molecule is c1ccc2sc(NC[C@H]3CCCNC3)nc2c1. The van der Waals surface area contributed by atoms with E-state index in [1.807, 2.05) is 6.07 Å². The Hall–Kier alpha value is -1.13. The predicted molar refractivity (Wildman–Crippen MR) is 73.7 cm³/mol. The van der Waals surface area contributed by atoms with Crippen molar-refractivity contribution in [2.24, 2.45) is 5.92 Å². The molecule has 3 nitrogen and oxygen atoms in total. The molecule has 2 N–H and O–H groups in total. The van der Waals surface area contributed by atoms with E-state index in [1.54, 1.807) is 11.3 Å². The Kier molecular flexibility index (Phi) is 3.25. The zero-order chi connectivity index (χ0) is 11.5. The van der Waals surface area contributed by atoms with E-state index in [2.05, 4.69) is 33.8 Å². The van der Waals surface area contributed by atoms with Gasteiger partial charge in [-0.15, -0.1) is 0 Å². The first-order valence-corrected chi connectivity index (χ1v) is 7.03. The molecule has 1 aromatic carbocycles. The first kappa shape index (κ1) is 11.0. The number of fused-ring (bicyclic) bond motifs is 1. The smallest absolute Gasteiger partial charge is 0.183 e. The van der Waals surface area contributed by atoms with Crippen LogP contribution in [0.15, 0.2) is 24.3 Å². The summed E-state index contributed by atoms with van der Waals surface area (Å²) in [4.78, 5) is 4.58. The molecule has 1 atom stereocenters. The fourth-order valence-corrected chi connectivity index (χ4v) is 3.15. The van der Waals surface area contributed by atoms with Crippen molar-refractivity contribution < 1.29 is 0 Å². The molecule has 0 aliphatic carbocycles. The molecule has 1 saturated heterocycles. The van der Waals surface area contributed by atoms with Crippen molar-refractivity contribution >= 4 is 26.7 Å². The maximum absolute atomic E-state index is 4.58. The highest BCUT2D eigenvalue weighted by molar-refractivity contribution is 7.22. The standard InChI is InChI=1S/C13H17N3S/c1-2-6-12-11(5-1)16-13(17-12)15-9-10-4-3-7-14-8-10/h1-2,5-6,10,14H,3-4,7-9H2,(H,15,16)/t10-/m0/s1. The minimum absolute atomic E-state index is 0.746. The Bertz CT molecular complexity index is 455. The van der Waals surface area contributed by atoms with Crippen LogP contribution < -0.4 is 10.6 Å². The Morgan fingerprint density at radius 1 is 1.41 bits per heavy atom. The van der Waals surface area contributed by atoms with E-state index in [0.29, 0.717) is 0 Å². The third-order valence-electron chi connectivity index (χ3n) is 3.23. The number of piperidine rings is 1. The molecule has 2 heterocycles. The maximum atomic E-state index is 4.58. The molecule has 17 heavy (non-hydrogen) atoms. The molecule has 4 heteroatoms. The number of nitrogens with zero attached hydrogens (tertiary/aromatic N) is 1. The van der Waals surface area contributed by atoms with Crippen molar-refractivity contribution in [1.82, 2.24) is 10.3 Å². The van der Waals surface area contributed by atoms with E-state index < -0.39 is 0 Å². The van der Waals surface area contributed by atoms with Crippen LogP contribution in [0.5, 0.6) is 0 Å². The summed E-state index contributed by atoms with van der Waals surface area (Å²) >= 11 is 1.74. The van der Waals surface area contributed by atoms with Gasteiger partial charge in [0.15, 0.2) is 5.13 Å². The normalized spacial score (nSPS) is 20.6. The van der Waals surface area contributed by atoms with Crippen molar-refractivity contribution in [2.45, 2.75) is 12.8 Å². The third kappa shape index (κ3) is 2.58. The second-order valence-electron chi connectivity index (χ2n) is 4.58. The molecule has 0 saturated carbocycles. The van der Waals surface area contributed by atoms with Crippen LogP contribution in [0.25, 0.3) is 10.2 Å². The number of benzene rings is 1. The van der Waals surface area contributed by atoms with Crippen molar-refractivity contribution in [3.63, 3.8) is 0 Å². The number of aromatic nitrogens is 1. The average molecular weight is 247 g/mol. The van der Waals surface area contributed by atoms with Crippen molar-refractivity contribution in [3.8, 4) is 0 Å². The van der Waals surface area contributed by atoms with Crippen LogP contribution >= 0.6 is 11.3 Å². The molecule has 0 radical (unpaired) electrons. The first-order chi connectivity index (χ1) is 8.42. The largest absolute Gasteiger partial charge is 0.361 e. The highest BCUT2D eigenvalue weighted by atomic mass is 32.1. The fraction of sp³-hybridized carbons (Fsp3) is 0.462. The van der Waals surface area contributed by atoms with Gasteiger partial charge in [-0.3, -0.25) is 0 Å². The van der Waals surface area contributed by atoms with Crippen LogP contribution in [0.2, 0.25) is 0 Å². The van der Waals surface area contributed by atoms with Crippen LogP contribution in [0.3, 0.4) is 0 Å². The molecule has 3 rings (SSSR count). The van der Waals surface area contributed by atoms with Gasteiger partial charge >= 0.3 is 0 Å². The Morgan fingerprint density at radius 3 is 3.18 bits per heavy atom. The number of hydrogen-bond donors (Lipinski definition) is 2. The topological polar surface area (TPSA) is 37.0 Å². The van der Waals surface area contributed by atoms with Gasteiger partial charge in [-0.2, -0.15) is 0 Å². The zero-order valence-electron chi connectivity index (χ0n) is 9.78. The van der Waals surface area contributed by atoms with Crippen molar-refractivity contribution in [1.29, 1.82) is 0 Å². The first-order valence-electron chi connectivity index (χ1n) is 6.22. The van der Waals surface area contributed by atoms with Gasteiger partial charge in [0.1, 0.15) is 0 Å². The summed E-state index contributed by atoms with van der Waals surface area (Å²) in [5.74, 6) is 0.746. The zero-order valence-corrected chi connectivity index (χ0v) is 10.6. The van der Waals surface area contributed by atoms with Crippen molar-refractivity contribution in [3.05, 3.63) is 24.3 Å². The number of thiazole rings is 1. The summed E-state index contributed by atoms with van der Waals surface area (Å²) in [7, 11) is 0. The van der Waals surface area contributed by atoms with E-state index in [0.717, 1.165) is 29.7 Å². The van der Waals surface area contributed by atoms with Gasteiger partial charge in [-0.05, 0) is 44.0 Å². The van der Waals surface area contributed by atoms with Gasteiger partial charge in [-0.1, -0.05) is 23.5 Å². The van der Waals surface area contributed by atoms with Gasteiger partial charge < -0.3 is 10.6 Å². The number of para-hydroxylation sites is 1. The lowest BCUT2D eigenvalue weighted by Gasteiger charge is -2.22. The molecule has 1 aliphatic heterocycles. The lowest BCUT2D eigenvalue weighted by molar-refractivity contribution is 0.393. The van der Waals surface area contributed by atoms with E-state index in [4.69, 9.17) is 0 Å². The van der Waals surface area contributed by atoms with E-state index in [-0.39, 0.29) is 0 Å². The van der Waals surface area contributed by atoms with Gasteiger partial charge in [0.25, 0.3) is 0 Å².